The van der Waals surface area contributed by atoms with Crippen LogP contribution in [0.5, 0.6) is 17.2 Å². The molecule has 0 radical (unpaired) electrons. The molecule has 0 unspecified atom stereocenters. The van der Waals surface area contributed by atoms with Gasteiger partial charge in [-0.15, -0.1) is 0 Å². The molecule has 0 saturated carbocycles. The van der Waals surface area contributed by atoms with Crippen molar-refractivity contribution in [3.05, 3.63) is 64.9 Å². The third-order valence-electron chi connectivity index (χ3n) is 4.07. The normalized spacial score (nSPS) is 10.8. The molecule has 150 valence electrons. The van der Waals surface area contributed by atoms with Crippen LogP contribution in [0.15, 0.2) is 58.0 Å². The van der Waals surface area contributed by atoms with Crippen molar-refractivity contribution in [2.75, 3.05) is 21.3 Å². The number of amides is 1. The molecule has 0 aliphatic rings. The number of carbonyl (C=O) groups is 1. The number of hydrazone groups is 1. The number of furan rings is 1. The zero-order chi connectivity index (χ0) is 20.8. The number of methoxy groups -OCH3 is 3. The number of hydrogen-bond acceptors (Lipinski definition) is 6. The minimum absolute atomic E-state index is 0.176. The lowest BCUT2D eigenvalue weighted by Gasteiger charge is -2.13. The van der Waals surface area contributed by atoms with Gasteiger partial charge in [0, 0.05) is 11.1 Å². The van der Waals surface area contributed by atoms with Crippen LogP contribution in [0.4, 0.5) is 0 Å². The van der Waals surface area contributed by atoms with E-state index >= 15 is 0 Å². The molecule has 2 aromatic carbocycles. The van der Waals surface area contributed by atoms with Gasteiger partial charge in [-0.1, -0.05) is 30.3 Å². The lowest BCUT2D eigenvalue weighted by molar-refractivity contribution is 0.0954. The van der Waals surface area contributed by atoms with E-state index in [1.54, 1.807) is 6.07 Å². The second-order valence-corrected chi connectivity index (χ2v) is 6.16. The van der Waals surface area contributed by atoms with E-state index in [0.717, 1.165) is 5.56 Å². The van der Waals surface area contributed by atoms with E-state index in [-0.39, 0.29) is 5.22 Å². The van der Waals surface area contributed by atoms with Gasteiger partial charge in [0.1, 0.15) is 5.76 Å². The van der Waals surface area contributed by atoms with Crippen molar-refractivity contribution in [1.29, 1.82) is 0 Å². The van der Waals surface area contributed by atoms with Gasteiger partial charge >= 0.3 is 0 Å². The lowest BCUT2D eigenvalue weighted by atomic mass is 10.1. The predicted octanol–water partition coefficient (Wildman–Crippen LogP) is 4.39. The van der Waals surface area contributed by atoms with E-state index in [0.29, 0.717) is 34.1 Å². The van der Waals surface area contributed by atoms with Crippen molar-refractivity contribution < 1.29 is 23.4 Å². The number of carbonyl (C=O) groups excluding carboxylic acids is 1. The number of nitrogens with one attached hydrogen (secondary N) is 1. The van der Waals surface area contributed by atoms with Crippen LogP contribution < -0.4 is 19.6 Å². The van der Waals surface area contributed by atoms with Crippen molar-refractivity contribution in [3.8, 4) is 28.6 Å². The van der Waals surface area contributed by atoms with E-state index < -0.39 is 5.91 Å². The fourth-order valence-corrected chi connectivity index (χ4v) is 2.84. The monoisotopic (exact) mass is 414 g/mol. The topological polar surface area (TPSA) is 82.3 Å². The van der Waals surface area contributed by atoms with Gasteiger partial charge in [-0.2, -0.15) is 5.10 Å². The first-order valence-electron chi connectivity index (χ1n) is 8.55. The largest absolute Gasteiger partial charge is 0.493 e. The number of rotatable bonds is 7. The molecule has 0 fully saturated rings. The molecule has 8 heteroatoms. The van der Waals surface area contributed by atoms with Gasteiger partial charge in [-0.25, -0.2) is 5.43 Å². The molecule has 0 aliphatic heterocycles. The Kier molecular flexibility index (Phi) is 6.41. The van der Waals surface area contributed by atoms with Crippen LogP contribution in [0, 0.1) is 0 Å². The summed E-state index contributed by atoms with van der Waals surface area (Å²) in [4.78, 5) is 12.4. The Labute approximate surface area is 172 Å². The Morgan fingerprint density at radius 3 is 2.28 bits per heavy atom. The Morgan fingerprint density at radius 1 is 1.03 bits per heavy atom. The summed E-state index contributed by atoms with van der Waals surface area (Å²) in [7, 11) is 4.44. The maximum atomic E-state index is 12.4. The van der Waals surface area contributed by atoms with Crippen LogP contribution in [0.25, 0.3) is 11.3 Å². The predicted molar refractivity (Wildman–Crippen MR) is 110 cm³/mol. The van der Waals surface area contributed by atoms with Gasteiger partial charge in [0.25, 0.3) is 5.91 Å². The molecule has 3 rings (SSSR count). The molecule has 1 aromatic heterocycles. The van der Waals surface area contributed by atoms with Crippen LogP contribution in [0.3, 0.4) is 0 Å². The van der Waals surface area contributed by atoms with Crippen LogP contribution in [-0.2, 0) is 0 Å². The Hall–Kier alpha value is -3.45. The maximum absolute atomic E-state index is 12.4. The highest BCUT2D eigenvalue weighted by Gasteiger charge is 2.17. The van der Waals surface area contributed by atoms with Crippen LogP contribution in [0.2, 0.25) is 5.22 Å². The summed E-state index contributed by atoms with van der Waals surface area (Å²) >= 11 is 6.12. The van der Waals surface area contributed by atoms with Crippen molar-refractivity contribution in [1.82, 2.24) is 5.43 Å². The first kappa shape index (κ1) is 20.3. The van der Waals surface area contributed by atoms with Gasteiger partial charge < -0.3 is 18.6 Å². The standard InChI is InChI=1S/C21H19ClN2O5/c1-26-17-9-14(10-18(27-2)19(17)28-3)21(25)24-23-12-15-11-16(29-20(15)22)13-7-5-4-6-8-13/h4-12H,1-3H3,(H,24,25)/b23-12+. The third-order valence-corrected chi connectivity index (χ3v) is 4.36. The fourth-order valence-electron chi connectivity index (χ4n) is 2.65. The number of nitrogens with zero attached hydrogens (tertiary/aromatic N) is 1. The van der Waals surface area contributed by atoms with Crippen molar-refractivity contribution >= 4 is 23.7 Å². The molecule has 0 atom stereocenters. The molecule has 0 aliphatic carbocycles. The van der Waals surface area contributed by atoms with Crippen LogP contribution in [-0.4, -0.2) is 33.5 Å². The van der Waals surface area contributed by atoms with Crippen molar-refractivity contribution in [2.24, 2.45) is 5.10 Å². The summed E-state index contributed by atoms with van der Waals surface area (Å²) in [6.45, 7) is 0. The van der Waals surface area contributed by atoms with Gasteiger partial charge in [-0.05, 0) is 29.8 Å². The van der Waals surface area contributed by atoms with E-state index in [4.69, 9.17) is 30.2 Å². The average molecular weight is 415 g/mol. The van der Waals surface area contributed by atoms with Crippen LogP contribution in [0.1, 0.15) is 15.9 Å². The molecule has 0 saturated heterocycles. The highest BCUT2D eigenvalue weighted by Crippen LogP contribution is 2.38. The quantitative estimate of drug-likeness (QED) is 0.458. The average Bonchev–Trinajstić information content (AvgIpc) is 3.13. The smallest absolute Gasteiger partial charge is 0.271 e. The molecule has 3 aromatic rings. The SMILES string of the molecule is COc1cc(C(=O)N/N=C/c2cc(-c3ccccc3)oc2Cl)cc(OC)c1OC. The Balaban J connectivity index is 1.76. The Bertz CT molecular complexity index is 1010. The molecule has 7 nitrogen and oxygen atoms in total. The lowest BCUT2D eigenvalue weighted by Crippen LogP contribution is -2.18. The molecule has 1 amide bonds. The number of hydrogen-bond donors (Lipinski definition) is 1. The summed E-state index contributed by atoms with van der Waals surface area (Å²) in [6, 6.07) is 14.3. The third kappa shape index (κ3) is 4.52. The zero-order valence-electron chi connectivity index (χ0n) is 16.1. The molecule has 0 spiro atoms. The van der Waals surface area contributed by atoms with Gasteiger partial charge in [0.2, 0.25) is 11.0 Å². The van der Waals surface area contributed by atoms with E-state index in [1.165, 1.54) is 39.7 Å². The van der Waals surface area contributed by atoms with Gasteiger partial charge in [-0.3, -0.25) is 4.79 Å². The van der Waals surface area contributed by atoms with E-state index in [9.17, 15) is 4.79 Å². The second kappa shape index (κ2) is 9.16. The minimum Gasteiger partial charge on any atom is -0.493 e. The molecule has 1 heterocycles. The van der Waals surface area contributed by atoms with Crippen molar-refractivity contribution in [2.45, 2.75) is 0 Å². The second-order valence-electron chi connectivity index (χ2n) is 5.82. The maximum Gasteiger partial charge on any atom is 0.271 e. The summed E-state index contributed by atoms with van der Waals surface area (Å²) in [5.74, 6) is 1.28. The highest BCUT2D eigenvalue weighted by atomic mass is 35.5. The molecular formula is C21H19ClN2O5. The number of halogens is 1. The van der Waals surface area contributed by atoms with E-state index in [1.807, 2.05) is 30.3 Å². The minimum atomic E-state index is -0.455. The molecule has 1 N–H and O–H groups in total. The van der Waals surface area contributed by atoms with Gasteiger partial charge in [0.15, 0.2) is 11.5 Å². The molecular weight excluding hydrogens is 396 g/mol. The summed E-state index contributed by atoms with van der Waals surface area (Å²) in [5, 5.41) is 4.13. The molecule has 29 heavy (non-hydrogen) atoms. The highest BCUT2D eigenvalue weighted by molar-refractivity contribution is 6.31. The van der Waals surface area contributed by atoms with Gasteiger partial charge in [0.05, 0.1) is 33.1 Å². The number of benzene rings is 2. The van der Waals surface area contributed by atoms with E-state index in [2.05, 4.69) is 10.5 Å². The van der Waals surface area contributed by atoms with Crippen molar-refractivity contribution in [3.63, 3.8) is 0 Å². The summed E-state index contributed by atoms with van der Waals surface area (Å²) in [6.07, 6.45) is 1.41. The Morgan fingerprint density at radius 2 is 1.69 bits per heavy atom. The zero-order valence-corrected chi connectivity index (χ0v) is 16.8. The first-order valence-corrected chi connectivity index (χ1v) is 8.93. The van der Waals surface area contributed by atoms with Crippen LogP contribution >= 0.6 is 11.6 Å². The molecule has 0 bridgehead atoms. The summed E-state index contributed by atoms with van der Waals surface area (Å²) < 4.78 is 21.3. The number of ether oxygens (including phenoxy) is 3. The fraction of sp³-hybridized carbons (Fsp3) is 0.143. The first-order chi connectivity index (χ1) is 14.1. The summed E-state index contributed by atoms with van der Waals surface area (Å²) in [5.41, 5.74) is 4.16.